The minimum atomic E-state index is -0.322. The fourth-order valence-electron chi connectivity index (χ4n) is 3.80. The molecule has 0 aromatic heterocycles. The summed E-state index contributed by atoms with van der Waals surface area (Å²) in [5.74, 6) is 2.41. The van der Waals surface area contributed by atoms with Gasteiger partial charge in [-0.3, -0.25) is 9.52 Å². The normalized spacial score (nSPS) is 15.9. The van der Waals surface area contributed by atoms with Gasteiger partial charge in [0.25, 0.3) is 5.91 Å². The number of aromatic hydroxyl groups is 1. The zero-order valence-corrected chi connectivity index (χ0v) is 23.7. The number of carbonyl (C=O) groups is 1. The van der Waals surface area contributed by atoms with Crippen molar-refractivity contribution in [2.45, 2.75) is 90.8 Å². The summed E-state index contributed by atoms with van der Waals surface area (Å²) in [6, 6.07) is 6.57. The van der Waals surface area contributed by atoms with Gasteiger partial charge in [0.15, 0.2) is 6.29 Å². The number of phenols is 1. The van der Waals surface area contributed by atoms with Crippen LogP contribution in [0.5, 0.6) is 5.75 Å². The van der Waals surface area contributed by atoms with Crippen molar-refractivity contribution in [1.29, 1.82) is 0 Å². The molecule has 1 aromatic carbocycles. The molecule has 34 heavy (non-hydrogen) atoms. The lowest BCUT2D eigenvalue weighted by Crippen LogP contribution is -2.31. The Hall–Kier alpha value is -0.890. The van der Waals surface area contributed by atoms with Gasteiger partial charge in [-0.2, -0.15) is 11.8 Å². The van der Waals surface area contributed by atoms with Crippen LogP contribution in [0.2, 0.25) is 0 Å². The quantitative estimate of drug-likeness (QED) is 0.147. The summed E-state index contributed by atoms with van der Waals surface area (Å²) in [5, 5.41) is 9.99. The fourth-order valence-corrected chi connectivity index (χ4v) is 5.11. The van der Waals surface area contributed by atoms with E-state index in [-0.39, 0.29) is 34.9 Å². The monoisotopic (exact) mass is 513 g/mol. The average Bonchev–Trinajstić information content (AvgIpc) is 2.83. The zero-order chi connectivity index (χ0) is 25.3. The summed E-state index contributed by atoms with van der Waals surface area (Å²) < 4.78 is 14.7. The maximum atomic E-state index is 12.6. The van der Waals surface area contributed by atoms with Crippen LogP contribution in [0.25, 0.3) is 0 Å². The van der Waals surface area contributed by atoms with E-state index in [4.69, 9.17) is 9.47 Å². The van der Waals surface area contributed by atoms with E-state index in [0.717, 1.165) is 36.9 Å². The van der Waals surface area contributed by atoms with E-state index in [0.29, 0.717) is 0 Å². The van der Waals surface area contributed by atoms with Crippen molar-refractivity contribution < 1.29 is 19.4 Å². The van der Waals surface area contributed by atoms with Crippen molar-refractivity contribution in [3.63, 3.8) is 0 Å². The summed E-state index contributed by atoms with van der Waals surface area (Å²) in [6.45, 7) is 9.15. The number of nitrogens with one attached hydrogen (secondary N) is 1. The molecule has 1 amide bonds. The first-order chi connectivity index (χ1) is 16.3. The second-order valence-electron chi connectivity index (χ2n) is 9.48. The topological polar surface area (TPSA) is 67.8 Å². The van der Waals surface area contributed by atoms with E-state index in [9.17, 15) is 9.90 Å². The Kier molecular flexibility index (Phi) is 16.8. The Bertz CT molecular complexity index is 676. The number of carbonyl (C=O) groups excluding carboxylic acids is 1. The van der Waals surface area contributed by atoms with Gasteiger partial charge in [0.2, 0.25) is 0 Å². The van der Waals surface area contributed by atoms with Crippen LogP contribution in [0.3, 0.4) is 0 Å². The Morgan fingerprint density at radius 2 is 1.68 bits per heavy atom. The maximum Gasteiger partial charge on any atom is 0.264 e. The molecule has 0 saturated carbocycles. The van der Waals surface area contributed by atoms with Crippen LogP contribution in [0, 0.1) is 17.8 Å². The lowest BCUT2D eigenvalue weighted by atomic mass is 9.93. The van der Waals surface area contributed by atoms with Gasteiger partial charge in [0, 0.05) is 13.5 Å². The van der Waals surface area contributed by atoms with Gasteiger partial charge >= 0.3 is 0 Å². The molecule has 0 heterocycles. The van der Waals surface area contributed by atoms with Gasteiger partial charge < -0.3 is 14.6 Å². The smallest absolute Gasteiger partial charge is 0.264 e. The number of para-hydroxylation sites is 1. The lowest BCUT2D eigenvalue weighted by molar-refractivity contribution is -0.143. The molecule has 0 bridgehead atoms. The first-order valence-electron chi connectivity index (χ1n) is 12.7. The highest BCUT2D eigenvalue weighted by Gasteiger charge is 2.25. The number of amides is 1. The number of hydrogen-bond donors (Lipinski definition) is 2. The molecule has 0 fully saturated rings. The standard InChI is InChI=1S/C27H47NO4S2/c1-7-20(2)12-10-13-21(3)14-11-15-22(4)27(32-25(31-5)18-19-33-6)34-28-26(30)23-16-8-9-17-24(23)29/h8-9,16-17,20-22,25,27,29H,7,10-15,18-19H2,1-6H3,(H,28,30)/t20-,21-,22-,25-,27-/m0/s1. The first kappa shape index (κ1) is 31.1. The predicted octanol–water partition coefficient (Wildman–Crippen LogP) is 7.50. The highest BCUT2D eigenvalue weighted by Crippen LogP contribution is 2.28. The van der Waals surface area contributed by atoms with E-state index in [1.54, 1.807) is 37.1 Å². The third-order valence-corrected chi connectivity index (χ3v) is 8.19. The maximum absolute atomic E-state index is 12.6. The van der Waals surface area contributed by atoms with Gasteiger partial charge in [-0.15, -0.1) is 0 Å². The fraction of sp³-hybridized carbons (Fsp3) is 0.741. The number of phenolic OH excluding ortho intramolecular Hbond substituents is 1. The minimum Gasteiger partial charge on any atom is -0.507 e. The van der Waals surface area contributed by atoms with E-state index in [1.165, 1.54) is 50.1 Å². The van der Waals surface area contributed by atoms with Crippen molar-refractivity contribution >= 4 is 29.6 Å². The second-order valence-corrected chi connectivity index (χ2v) is 11.4. The number of hydrogen-bond acceptors (Lipinski definition) is 6. The minimum absolute atomic E-state index is 0.0248. The van der Waals surface area contributed by atoms with Gasteiger partial charge in [-0.25, -0.2) is 0 Å². The summed E-state index contributed by atoms with van der Waals surface area (Å²) in [5.41, 5.74) is 0.0283. The second kappa shape index (κ2) is 18.4. The molecule has 196 valence electrons. The highest BCUT2D eigenvalue weighted by molar-refractivity contribution is 7.98. The molecule has 5 atom stereocenters. The van der Waals surface area contributed by atoms with E-state index in [2.05, 4.69) is 38.7 Å². The summed E-state index contributed by atoms with van der Waals surface area (Å²) in [6.07, 6.45) is 11.1. The van der Waals surface area contributed by atoms with Crippen LogP contribution in [0.4, 0.5) is 0 Å². The van der Waals surface area contributed by atoms with Crippen molar-refractivity contribution in [1.82, 2.24) is 4.72 Å². The number of benzene rings is 1. The van der Waals surface area contributed by atoms with Crippen LogP contribution < -0.4 is 4.72 Å². The Morgan fingerprint density at radius 3 is 2.29 bits per heavy atom. The SMILES string of the molecule is CC[C@H](C)CCC[C@H](C)CCC[C@H](C)[C@@H](O[C@@H](CCSC)OC)SNC(=O)c1ccccc1O. The van der Waals surface area contributed by atoms with Gasteiger partial charge in [0.1, 0.15) is 11.2 Å². The molecule has 0 saturated heterocycles. The van der Waals surface area contributed by atoms with Crippen LogP contribution in [0.1, 0.15) is 89.4 Å². The predicted molar refractivity (Wildman–Crippen MR) is 147 cm³/mol. The Labute approximate surface area is 216 Å². The number of ether oxygens (including phenoxy) is 2. The van der Waals surface area contributed by atoms with Gasteiger partial charge in [0.05, 0.1) is 5.56 Å². The molecule has 1 rings (SSSR count). The molecule has 7 heteroatoms. The van der Waals surface area contributed by atoms with E-state index >= 15 is 0 Å². The van der Waals surface area contributed by atoms with E-state index < -0.39 is 0 Å². The molecule has 0 aliphatic heterocycles. The van der Waals surface area contributed by atoms with Gasteiger partial charge in [-0.05, 0) is 60.3 Å². The number of methoxy groups -OCH3 is 1. The molecule has 0 radical (unpaired) electrons. The number of thioether (sulfide) groups is 1. The zero-order valence-electron chi connectivity index (χ0n) is 22.0. The summed E-state index contributed by atoms with van der Waals surface area (Å²) >= 11 is 3.04. The third kappa shape index (κ3) is 12.7. The molecule has 0 spiro atoms. The van der Waals surface area contributed by atoms with Crippen molar-refractivity contribution in [2.75, 3.05) is 19.1 Å². The molecular formula is C27H47NO4S2. The van der Waals surface area contributed by atoms with Crippen LogP contribution >= 0.6 is 23.7 Å². The molecule has 1 aromatic rings. The van der Waals surface area contributed by atoms with Crippen LogP contribution in [0.15, 0.2) is 24.3 Å². The Morgan fingerprint density at radius 1 is 1.03 bits per heavy atom. The summed E-state index contributed by atoms with van der Waals surface area (Å²) in [7, 11) is 1.67. The molecule has 5 nitrogen and oxygen atoms in total. The molecular weight excluding hydrogens is 466 g/mol. The van der Waals surface area contributed by atoms with Crippen LogP contribution in [-0.4, -0.2) is 41.9 Å². The summed E-state index contributed by atoms with van der Waals surface area (Å²) in [4.78, 5) is 12.6. The van der Waals surface area contributed by atoms with Crippen molar-refractivity contribution in [3.8, 4) is 5.75 Å². The van der Waals surface area contributed by atoms with E-state index in [1.807, 2.05) is 0 Å². The molecule has 2 N–H and O–H groups in total. The highest BCUT2D eigenvalue weighted by atomic mass is 32.2. The molecule has 0 aliphatic rings. The molecule has 0 aliphatic carbocycles. The van der Waals surface area contributed by atoms with Gasteiger partial charge in [-0.1, -0.05) is 78.4 Å². The average molecular weight is 514 g/mol. The number of rotatable bonds is 19. The molecule has 0 unspecified atom stereocenters. The Balaban J connectivity index is 2.62. The van der Waals surface area contributed by atoms with Crippen molar-refractivity contribution in [3.05, 3.63) is 29.8 Å². The largest absolute Gasteiger partial charge is 0.507 e. The lowest BCUT2D eigenvalue weighted by Gasteiger charge is -2.28. The van der Waals surface area contributed by atoms with Crippen LogP contribution in [-0.2, 0) is 9.47 Å². The first-order valence-corrected chi connectivity index (χ1v) is 15.0. The van der Waals surface area contributed by atoms with Crippen molar-refractivity contribution in [2.24, 2.45) is 17.8 Å². The third-order valence-electron chi connectivity index (χ3n) is 6.43.